The Morgan fingerprint density at radius 2 is 1.44 bits per heavy atom. The van der Waals surface area contributed by atoms with Crippen LogP contribution in [0, 0.1) is 0 Å². The third kappa shape index (κ3) is 9.64. The zero-order valence-corrected chi connectivity index (χ0v) is 28.2. The standard InChI is InChI=1S/C39H31ClF3N3O3S/c1-2-35(38(49)45-33-21-20-29(40)23-32(33)39(41,42)43)50-31-15-9-14-30(24-31)44-37(48)34(46-36(47)28-12-7-4-8-13-28)22-25-16-18-27(19-17-25)26-10-5-3-6-11-26/h3-24,35H,2H2,1H3,(H,44,48)(H,45,49)(H,46,47)/b34-22+. The van der Waals surface area contributed by atoms with Crippen LogP contribution < -0.4 is 16.0 Å². The van der Waals surface area contributed by atoms with E-state index in [1.54, 1.807) is 67.6 Å². The number of thioether (sulfide) groups is 1. The minimum absolute atomic E-state index is 0.00128. The van der Waals surface area contributed by atoms with Crippen molar-refractivity contribution in [2.75, 3.05) is 10.6 Å². The number of carbonyl (C=O) groups is 3. The van der Waals surface area contributed by atoms with Crippen molar-refractivity contribution < 1.29 is 27.6 Å². The Hall–Kier alpha value is -5.32. The van der Waals surface area contributed by atoms with Crippen molar-refractivity contribution in [3.63, 3.8) is 0 Å². The highest BCUT2D eigenvalue weighted by Gasteiger charge is 2.34. The van der Waals surface area contributed by atoms with Crippen molar-refractivity contribution in [1.29, 1.82) is 0 Å². The van der Waals surface area contributed by atoms with Crippen LogP contribution >= 0.6 is 23.4 Å². The number of hydrogen-bond donors (Lipinski definition) is 3. The number of hydrogen-bond acceptors (Lipinski definition) is 4. The van der Waals surface area contributed by atoms with Crippen LogP contribution in [-0.2, 0) is 15.8 Å². The summed E-state index contributed by atoms with van der Waals surface area (Å²) in [6.07, 6.45) is -2.83. The molecule has 3 amide bonds. The molecule has 0 fully saturated rings. The molecule has 0 radical (unpaired) electrons. The van der Waals surface area contributed by atoms with Crippen molar-refractivity contribution in [2.24, 2.45) is 0 Å². The maximum Gasteiger partial charge on any atom is 0.418 e. The van der Waals surface area contributed by atoms with E-state index in [1.165, 1.54) is 6.07 Å². The Bertz CT molecular complexity index is 2000. The van der Waals surface area contributed by atoms with E-state index in [9.17, 15) is 27.6 Å². The van der Waals surface area contributed by atoms with Crippen LogP contribution in [0.4, 0.5) is 24.5 Å². The van der Waals surface area contributed by atoms with Crippen molar-refractivity contribution in [2.45, 2.75) is 29.7 Å². The Balaban J connectivity index is 1.34. The summed E-state index contributed by atoms with van der Waals surface area (Å²) in [5.74, 6) is -1.67. The fraction of sp³-hybridized carbons (Fsp3) is 0.103. The Morgan fingerprint density at radius 1 is 0.780 bits per heavy atom. The first kappa shape index (κ1) is 36.0. The lowest BCUT2D eigenvalue weighted by Gasteiger charge is -2.18. The van der Waals surface area contributed by atoms with Gasteiger partial charge in [-0.25, -0.2) is 0 Å². The molecule has 11 heteroatoms. The quantitative estimate of drug-likeness (QED) is 0.0940. The molecule has 0 aliphatic carbocycles. The molecule has 1 atom stereocenters. The van der Waals surface area contributed by atoms with Crippen LogP contribution in [0.3, 0.4) is 0 Å². The van der Waals surface area contributed by atoms with Gasteiger partial charge >= 0.3 is 6.18 Å². The molecule has 0 spiro atoms. The average molecular weight is 714 g/mol. The first-order valence-corrected chi connectivity index (χ1v) is 16.7. The monoisotopic (exact) mass is 713 g/mol. The van der Waals surface area contributed by atoms with E-state index in [4.69, 9.17) is 11.6 Å². The van der Waals surface area contributed by atoms with E-state index in [1.807, 2.05) is 54.6 Å². The minimum atomic E-state index is -4.71. The van der Waals surface area contributed by atoms with Crippen LogP contribution in [0.5, 0.6) is 0 Å². The summed E-state index contributed by atoms with van der Waals surface area (Å²) in [5.41, 5.74) is 2.02. The highest BCUT2D eigenvalue weighted by molar-refractivity contribution is 8.00. The lowest BCUT2D eigenvalue weighted by Crippen LogP contribution is -2.30. The third-order valence-electron chi connectivity index (χ3n) is 7.44. The van der Waals surface area contributed by atoms with Crippen molar-refractivity contribution >= 4 is 58.5 Å². The molecule has 0 saturated carbocycles. The molecule has 6 nitrogen and oxygen atoms in total. The second-order valence-electron chi connectivity index (χ2n) is 11.0. The van der Waals surface area contributed by atoms with Crippen molar-refractivity contribution in [3.05, 3.63) is 155 Å². The second kappa shape index (κ2) is 16.4. The average Bonchev–Trinajstić information content (AvgIpc) is 3.11. The maximum absolute atomic E-state index is 13.6. The zero-order valence-electron chi connectivity index (χ0n) is 26.6. The van der Waals surface area contributed by atoms with Gasteiger partial charge in [-0.1, -0.05) is 97.4 Å². The van der Waals surface area contributed by atoms with Crippen LogP contribution in [0.15, 0.2) is 138 Å². The Labute approximate surface area is 296 Å². The summed E-state index contributed by atoms with van der Waals surface area (Å²) < 4.78 is 40.8. The van der Waals surface area contributed by atoms with Gasteiger partial charge in [-0.15, -0.1) is 11.8 Å². The third-order valence-corrected chi connectivity index (χ3v) is 9.03. The second-order valence-corrected chi connectivity index (χ2v) is 12.8. The molecular weight excluding hydrogens is 683 g/mol. The van der Waals surface area contributed by atoms with Gasteiger partial charge in [0.25, 0.3) is 11.8 Å². The van der Waals surface area contributed by atoms with Gasteiger partial charge < -0.3 is 16.0 Å². The maximum atomic E-state index is 13.6. The molecule has 0 saturated heterocycles. The molecule has 0 bridgehead atoms. The highest BCUT2D eigenvalue weighted by Crippen LogP contribution is 2.37. The fourth-order valence-electron chi connectivity index (χ4n) is 4.92. The first-order chi connectivity index (χ1) is 24.0. The zero-order chi connectivity index (χ0) is 35.7. The normalized spacial score (nSPS) is 12.1. The first-order valence-electron chi connectivity index (χ1n) is 15.5. The van der Waals surface area contributed by atoms with Gasteiger partial charge in [0, 0.05) is 21.2 Å². The predicted octanol–water partition coefficient (Wildman–Crippen LogP) is 9.94. The topological polar surface area (TPSA) is 87.3 Å². The van der Waals surface area contributed by atoms with Gasteiger partial charge in [-0.2, -0.15) is 13.2 Å². The molecule has 1 unspecified atom stereocenters. The molecule has 0 aliphatic heterocycles. The smallest absolute Gasteiger partial charge is 0.325 e. The van der Waals surface area contributed by atoms with Crippen LogP contribution in [0.2, 0.25) is 5.02 Å². The molecule has 3 N–H and O–H groups in total. The molecule has 5 aromatic rings. The van der Waals surface area contributed by atoms with E-state index in [2.05, 4.69) is 16.0 Å². The van der Waals surface area contributed by atoms with E-state index in [0.29, 0.717) is 28.1 Å². The molecule has 50 heavy (non-hydrogen) atoms. The van der Waals surface area contributed by atoms with E-state index < -0.39 is 40.4 Å². The van der Waals surface area contributed by atoms with Crippen molar-refractivity contribution in [3.8, 4) is 11.1 Å². The van der Waals surface area contributed by atoms with Gasteiger partial charge in [0.15, 0.2) is 0 Å². The SMILES string of the molecule is CCC(Sc1cccc(NC(=O)/C(=C\c2ccc(-c3ccccc3)cc2)NC(=O)c2ccccc2)c1)C(=O)Nc1ccc(Cl)cc1C(F)(F)F. The molecular formula is C39H31ClF3N3O3S. The van der Waals surface area contributed by atoms with E-state index in [-0.39, 0.29) is 10.7 Å². The molecule has 5 rings (SSSR count). The number of nitrogens with one attached hydrogen (secondary N) is 3. The Kier molecular flexibility index (Phi) is 11.8. The summed E-state index contributed by atoms with van der Waals surface area (Å²) in [7, 11) is 0. The van der Waals surface area contributed by atoms with E-state index >= 15 is 0 Å². The van der Waals surface area contributed by atoms with Gasteiger partial charge in [0.2, 0.25) is 5.91 Å². The van der Waals surface area contributed by atoms with Crippen LogP contribution in [0.25, 0.3) is 17.2 Å². The molecule has 0 aliphatic rings. The van der Waals surface area contributed by atoms with Crippen LogP contribution in [-0.4, -0.2) is 23.0 Å². The Morgan fingerprint density at radius 3 is 2.10 bits per heavy atom. The number of anilines is 2. The van der Waals surface area contributed by atoms with Crippen molar-refractivity contribution in [1.82, 2.24) is 5.32 Å². The highest BCUT2D eigenvalue weighted by atomic mass is 35.5. The summed E-state index contributed by atoms with van der Waals surface area (Å²) in [6, 6.07) is 35.7. The van der Waals surface area contributed by atoms with Gasteiger partial charge in [-0.3, -0.25) is 14.4 Å². The predicted molar refractivity (Wildman–Crippen MR) is 194 cm³/mol. The molecule has 5 aromatic carbocycles. The fourth-order valence-corrected chi connectivity index (χ4v) is 6.10. The molecule has 0 aromatic heterocycles. The summed E-state index contributed by atoms with van der Waals surface area (Å²) in [5, 5.41) is 7.07. The molecule has 254 valence electrons. The summed E-state index contributed by atoms with van der Waals surface area (Å²) >= 11 is 6.91. The number of rotatable bonds is 11. The summed E-state index contributed by atoms with van der Waals surface area (Å²) in [4.78, 5) is 40.4. The molecule has 0 heterocycles. The van der Waals surface area contributed by atoms with Gasteiger partial charge in [0.1, 0.15) is 5.70 Å². The minimum Gasteiger partial charge on any atom is -0.325 e. The van der Waals surface area contributed by atoms with Crippen LogP contribution in [0.1, 0.15) is 34.8 Å². The van der Waals surface area contributed by atoms with E-state index in [0.717, 1.165) is 35.0 Å². The summed E-state index contributed by atoms with van der Waals surface area (Å²) in [6.45, 7) is 1.74. The lowest BCUT2D eigenvalue weighted by molar-refractivity contribution is -0.137. The number of alkyl halides is 3. The number of halogens is 4. The number of amides is 3. The largest absolute Gasteiger partial charge is 0.418 e. The number of carbonyl (C=O) groups excluding carboxylic acids is 3. The lowest BCUT2D eigenvalue weighted by atomic mass is 10.0. The number of benzene rings is 5. The van der Waals surface area contributed by atoms with Gasteiger partial charge in [0.05, 0.1) is 16.5 Å². The van der Waals surface area contributed by atoms with Gasteiger partial charge in [-0.05, 0) is 77.7 Å².